The first kappa shape index (κ1) is 11.0. The van der Waals surface area contributed by atoms with E-state index >= 15 is 0 Å². The van der Waals surface area contributed by atoms with E-state index < -0.39 is 270 Å². The lowest BCUT2D eigenvalue weighted by atomic mass is 10.0. The summed E-state index contributed by atoms with van der Waals surface area (Å²) in [5, 5.41) is -4.08. The molecule has 2 aromatic heterocycles. The van der Waals surface area contributed by atoms with Gasteiger partial charge in [0.05, 0.1) is 57.8 Å². The van der Waals surface area contributed by atoms with Crippen LogP contribution in [0.2, 0.25) is 0 Å². The van der Waals surface area contributed by atoms with Gasteiger partial charge >= 0.3 is 0 Å². The molecule has 2 heterocycles. The van der Waals surface area contributed by atoms with Crippen LogP contribution in [0.5, 0.6) is 0 Å². The molecule has 0 aliphatic rings. The van der Waals surface area contributed by atoms with E-state index in [1.165, 1.54) is 0 Å². The van der Waals surface area contributed by atoms with Crippen molar-refractivity contribution in [3.05, 3.63) is 181 Å². The molecule has 3 heteroatoms. The predicted molar refractivity (Wildman–Crippen MR) is 206 cm³/mol. The molecule has 0 atom stereocenters. The second-order valence-corrected chi connectivity index (χ2v) is 10.3. The second-order valence-electron chi connectivity index (χ2n) is 10.3. The van der Waals surface area contributed by atoms with Crippen LogP contribution in [0.4, 0.5) is 17.1 Å². The third-order valence-electron chi connectivity index (χ3n) is 7.62. The molecule has 0 unspecified atom stereocenters. The number of nitrogens with zero attached hydrogens (tertiary/aromatic N) is 2. The van der Waals surface area contributed by atoms with E-state index in [4.69, 9.17) is 30.5 Å². The summed E-state index contributed by atoms with van der Waals surface area (Å²) in [5.41, 5.74) is -8.71. The Balaban J connectivity index is 1.52. The van der Waals surface area contributed by atoms with Crippen molar-refractivity contribution in [2.24, 2.45) is 0 Å². The Labute approximate surface area is 325 Å². The van der Waals surface area contributed by atoms with Crippen molar-refractivity contribution in [1.29, 1.82) is 0 Å². The van der Waals surface area contributed by atoms with E-state index in [-0.39, 0.29) is 0 Å². The van der Waals surface area contributed by atoms with Gasteiger partial charge in [-0.25, -0.2) is 0 Å². The summed E-state index contributed by atoms with van der Waals surface area (Å²) in [7, 11) is 0. The Morgan fingerprint density at radius 2 is 1.14 bits per heavy atom. The Hall–Kier alpha value is -6.58. The van der Waals surface area contributed by atoms with Crippen LogP contribution >= 0.6 is 0 Å². The zero-order chi connectivity index (χ0) is 58.4. The summed E-state index contributed by atoms with van der Waals surface area (Å²) in [6.45, 7) is 0. The normalized spacial score (nSPS) is 20.2. The number of anilines is 3. The third kappa shape index (κ3) is 4.37. The van der Waals surface area contributed by atoms with Gasteiger partial charge in [0.2, 0.25) is 0 Å². The van der Waals surface area contributed by atoms with Crippen LogP contribution in [0, 0.1) is 0 Å². The van der Waals surface area contributed by atoms with E-state index in [0.29, 0.717) is 9.47 Å². The second kappa shape index (κ2) is 11.0. The summed E-state index contributed by atoms with van der Waals surface area (Å²) >= 11 is 0. The molecule has 230 valence electrons. The summed E-state index contributed by atoms with van der Waals surface area (Å²) in [6, 6.07) is -30.3. The van der Waals surface area contributed by atoms with Crippen molar-refractivity contribution in [2.75, 3.05) is 4.90 Å². The molecule has 0 radical (unpaired) electrons. The van der Waals surface area contributed by atoms with Gasteiger partial charge in [-0.1, -0.05) is 115 Å². The molecular formula is C46H30N2O. The quantitative estimate of drug-likeness (QED) is 0.184. The van der Waals surface area contributed by atoms with Gasteiger partial charge < -0.3 is 13.9 Å². The summed E-state index contributed by atoms with van der Waals surface area (Å²) in [4.78, 5) is 0.431. The molecule has 0 N–H and O–H groups in total. The van der Waals surface area contributed by atoms with E-state index in [2.05, 4.69) is 0 Å². The van der Waals surface area contributed by atoms with E-state index in [1.807, 2.05) is 0 Å². The molecule has 10 aromatic rings. The zero-order valence-corrected chi connectivity index (χ0v) is 24.3. The number of hydrogen-bond acceptors (Lipinski definition) is 2. The van der Waals surface area contributed by atoms with Crippen LogP contribution in [0.1, 0.15) is 41.1 Å². The number of benzene rings is 8. The standard InChI is InChI=1S/C46H30N2O/c1-3-12-31(13-4-1)32-22-25-35(26-23-32)47(43-20-11-14-33-24-28-39-38-18-8-10-21-44(38)49-46(39)45(33)43)36-27-29-42-40(30-36)37-17-7-9-19-41(37)48(42)34-15-5-2-6-16-34/h1-30H/i1D,2D,3D,4D,5D,6D,7D,8D,9D,10D,11D,12D,13D,14D,15D,16D,17D,18D,19D,20D,21D,22D,23D,24D,25D,26D,27D,28D,29D,30D. The molecule has 8 aromatic carbocycles. The molecule has 0 bridgehead atoms. The van der Waals surface area contributed by atoms with Crippen LogP contribution in [-0.2, 0) is 0 Å². The number of aromatic nitrogens is 1. The molecule has 0 saturated heterocycles. The monoisotopic (exact) mass is 656 g/mol. The van der Waals surface area contributed by atoms with Crippen LogP contribution in [0.15, 0.2) is 186 Å². The van der Waals surface area contributed by atoms with Crippen molar-refractivity contribution >= 4 is 71.6 Å². The molecule has 0 aliphatic heterocycles. The highest BCUT2D eigenvalue weighted by atomic mass is 16.3. The first-order chi connectivity index (χ1) is 36.8. The Kier molecular flexibility index (Phi) is 2.47. The minimum absolute atomic E-state index is 0.431. The number of fused-ring (bicyclic) bond motifs is 8. The van der Waals surface area contributed by atoms with E-state index in [9.17, 15) is 15.1 Å². The molecule has 0 saturated carbocycles. The average Bonchev–Trinajstić information content (AvgIpc) is 4.18. The molecule has 0 spiro atoms. The molecular weight excluding hydrogens is 597 g/mol. The Morgan fingerprint density at radius 1 is 0.469 bits per heavy atom. The lowest BCUT2D eigenvalue weighted by Gasteiger charge is -2.27. The van der Waals surface area contributed by atoms with Gasteiger partial charge in [0.1, 0.15) is 11.2 Å². The van der Waals surface area contributed by atoms with Crippen molar-refractivity contribution < 1.29 is 45.5 Å². The minimum atomic E-state index is -1.27. The molecule has 10 rings (SSSR count). The maximum Gasteiger partial charge on any atom is 0.145 e. The third-order valence-corrected chi connectivity index (χ3v) is 7.62. The van der Waals surface area contributed by atoms with Crippen LogP contribution in [-0.4, -0.2) is 4.57 Å². The first-order valence-electron chi connectivity index (χ1n) is 29.2. The van der Waals surface area contributed by atoms with Crippen LogP contribution in [0.3, 0.4) is 0 Å². The predicted octanol–water partition coefficient (Wildman–Crippen LogP) is 13.0. The summed E-state index contributed by atoms with van der Waals surface area (Å²) < 4.78 is 277. The molecule has 0 fully saturated rings. The minimum Gasteiger partial charge on any atom is -0.455 e. The first-order valence-corrected chi connectivity index (χ1v) is 14.2. The maximum absolute atomic E-state index is 10.2. The lowest BCUT2D eigenvalue weighted by molar-refractivity contribution is 0.672. The van der Waals surface area contributed by atoms with Crippen LogP contribution < -0.4 is 4.90 Å². The SMILES string of the molecule is [2H]c1c([2H])c([2H])c(-c2c([2H])c([2H])c(N(c3c([2H])c([2H])c4c(c3[2H])c3c([2H])c([2H])c([2H])c([2H])c3n4-c3c([2H])c([2H])c([2H])c([2H])c3[2H])c3c([2H])c([2H])c([2H])c4c([2H])c([2H])c5c(oc6c([2H])c([2H])c([2H])c([2H])c65)c34)c([2H])c2[2H])c([2H])c1[2H]. The highest BCUT2D eigenvalue weighted by molar-refractivity contribution is 6.20. The van der Waals surface area contributed by atoms with Crippen molar-refractivity contribution in [3.63, 3.8) is 0 Å². The van der Waals surface area contributed by atoms with E-state index in [1.54, 1.807) is 0 Å². The Morgan fingerprint density at radius 3 is 1.98 bits per heavy atom. The smallest absolute Gasteiger partial charge is 0.145 e. The number of rotatable bonds is 5. The lowest BCUT2D eigenvalue weighted by Crippen LogP contribution is -2.10. The largest absolute Gasteiger partial charge is 0.455 e. The maximum atomic E-state index is 10.2. The van der Waals surface area contributed by atoms with Gasteiger partial charge in [0.15, 0.2) is 0 Å². The summed E-state index contributed by atoms with van der Waals surface area (Å²) in [6.07, 6.45) is 0. The fourth-order valence-corrected chi connectivity index (χ4v) is 5.57. The molecule has 49 heavy (non-hydrogen) atoms. The fraction of sp³-hybridized carbons (Fsp3) is 0. The Bertz CT molecular complexity index is 4480. The zero-order valence-electron chi connectivity index (χ0n) is 54.3. The summed E-state index contributed by atoms with van der Waals surface area (Å²) in [5.74, 6) is 0. The van der Waals surface area contributed by atoms with Crippen molar-refractivity contribution in [2.45, 2.75) is 0 Å². The van der Waals surface area contributed by atoms with Crippen molar-refractivity contribution in [1.82, 2.24) is 4.57 Å². The number of hydrogen-bond donors (Lipinski definition) is 0. The van der Waals surface area contributed by atoms with Gasteiger partial charge in [-0.3, -0.25) is 0 Å². The highest BCUT2D eigenvalue weighted by Crippen LogP contribution is 2.45. The van der Waals surface area contributed by atoms with Crippen molar-refractivity contribution in [3.8, 4) is 16.8 Å². The molecule has 0 amide bonds. The average molecular weight is 657 g/mol. The fourth-order valence-electron chi connectivity index (χ4n) is 5.57. The van der Waals surface area contributed by atoms with Gasteiger partial charge in [-0.05, 0) is 83.0 Å². The van der Waals surface area contributed by atoms with E-state index in [0.717, 1.165) is 0 Å². The molecule has 0 aliphatic carbocycles. The van der Waals surface area contributed by atoms with Gasteiger partial charge in [-0.15, -0.1) is 0 Å². The topological polar surface area (TPSA) is 21.3 Å². The van der Waals surface area contributed by atoms with Gasteiger partial charge in [0.25, 0.3) is 0 Å². The van der Waals surface area contributed by atoms with Gasteiger partial charge in [-0.2, -0.15) is 0 Å². The van der Waals surface area contributed by atoms with Gasteiger partial charge in [0, 0.05) is 44.0 Å². The number of para-hydroxylation sites is 3. The van der Waals surface area contributed by atoms with Crippen LogP contribution in [0.25, 0.3) is 71.3 Å². The highest BCUT2D eigenvalue weighted by Gasteiger charge is 2.21. The molecule has 3 nitrogen and oxygen atoms in total. The number of furan rings is 1.